The largest absolute Gasteiger partial charge is 0.508 e. The fourth-order valence-electron chi connectivity index (χ4n) is 5.50. The molecule has 0 saturated heterocycles. The van der Waals surface area contributed by atoms with Gasteiger partial charge in [-0.3, -0.25) is 4.79 Å². The highest BCUT2D eigenvalue weighted by atomic mass is 16.5. The molecule has 1 heterocycles. The maximum atomic E-state index is 13.4. The van der Waals surface area contributed by atoms with Crippen LogP contribution in [0, 0.1) is 23.7 Å². The fraction of sp³-hybridized carbons (Fsp3) is 0.480. The summed E-state index contributed by atoms with van der Waals surface area (Å²) in [6.07, 6.45) is 3.47. The van der Waals surface area contributed by atoms with E-state index in [1.54, 1.807) is 12.1 Å². The van der Waals surface area contributed by atoms with Crippen molar-refractivity contribution in [3.8, 4) is 5.75 Å². The molecule has 5 heteroatoms. The van der Waals surface area contributed by atoms with Crippen molar-refractivity contribution < 1.29 is 24.9 Å². The molecule has 3 aliphatic rings. The van der Waals surface area contributed by atoms with Crippen LogP contribution in [-0.4, -0.2) is 39.4 Å². The molecule has 5 nitrogen and oxygen atoms in total. The number of aromatic hydroxyl groups is 1. The van der Waals surface area contributed by atoms with Crippen molar-refractivity contribution in [2.75, 3.05) is 0 Å². The normalized spacial score (nSPS) is 36.3. The van der Waals surface area contributed by atoms with Crippen LogP contribution in [0.15, 0.2) is 54.3 Å². The van der Waals surface area contributed by atoms with E-state index in [0.29, 0.717) is 11.1 Å². The summed E-state index contributed by atoms with van der Waals surface area (Å²) in [4.78, 5) is 13.4. The number of hydrogen-bond donors (Lipinski definition) is 3. The molecule has 7 atom stereocenters. The van der Waals surface area contributed by atoms with Crippen molar-refractivity contribution in [2.45, 2.75) is 51.4 Å². The SMILES string of the molecule is C=C(C)[C@@H]1CCC(C)=C[C@H]1C1C(O)CC(O)C2C(=O)C(c3ccc(O)cc3)=COC21. The second-order valence-electron chi connectivity index (χ2n) is 9.10. The topological polar surface area (TPSA) is 87.0 Å². The average molecular weight is 411 g/mol. The summed E-state index contributed by atoms with van der Waals surface area (Å²) in [5, 5.41) is 31.2. The summed E-state index contributed by atoms with van der Waals surface area (Å²) < 4.78 is 6.10. The molecular weight excluding hydrogens is 380 g/mol. The van der Waals surface area contributed by atoms with Gasteiger partial charge in [0, 0.05) is 12.3 Å². The van der Waals surface area contributed by atoms with Gasteiger partial charge in [-0.05, 0) is 56.2 Å². The minimum atomic E-state index is -0.966. The number of phenolic OH excluding ortho intramolecular Hbond substituents is 1. The minimum absolute atomic E-state index is 0.0164. The molecule has 0 radical (unpaired) electrons. The van der Waals surface area contributed by atoms with Crippen LogP contribution >= 0.6 is 0 Å². The monoisotopic (exact) mass is 410 g/mol. The zero-order valence-corrected chi connectivity index (χ0v) is 17.5. The second-order valence-corrected chi connectivity index (χ2v) is 9.10. The molecule has 1 aliphatic heterocycles. The Bertz CT molecular complexity index is 897. The zero-order valence-electron chi connectivity index (χ0n) is 17.5. The number of phenols is 1. The van der Waals surface area contributed by atoms with Gasteiger partial charge >= 0.3 is 0 Å². The van der Waals surface area contributed by atoms with E-state index >= 15 is 0 Å². The average Bonchev–Trinajstić information content (AvgIpc) is 2.68. The van der Waals surface area contributed by atoms with Crippen LogP contribution < -0.4 is 0 Å². The molecule has 2 aliphatic carbocycles. The smallest absolute Gasteiger partial charge is 0.175 e. The van der Waals surface area contributed by atoms with Gasteiger partial charge in [-0.25, -0.2) is 0 Å². The first-order valence-corrected chi connectivity index (χ1v) is 10.7. The Balaban J connectivity index is 1.71. The van der Waals surface area contributed by atoms with Crippen LogP contribution in [0.3, 0.4) is 0 Å². The number of rotatable bonds is 3. The zero-order chi connectivity index (χ0) is 21.6. The molecule has 1 saturated carbocycles. The number of fused-ring (bicyclic) bond motifs is 1. The highest BCUT2D eigenvalue weighted by Crippen LogP contribution is 2.48. The van der Waals surface area contributed by atoms with Gasteiger partial charge in [0.05, 0.1) is 30.0 Å². The first-order valence-electron chi connectivity index (χ1n) is 10.7. The molecule has 1 aromatic rings. The predicted molar refractivity (Wildman–Crippen MR) is 114 cm³/mol. The number of carbonyl (C=O) groups excluding carboxylic acids is 1. The van der Waals surface area contributed by atoms with E-state index in [1.807, 2.05) is 6.92 Å². The first-order chi connectivity index (χ1) is 14.3. The summed E-state index contributed by atoms with van der Waals surface area (Å²) in [6, 6.07) is 6.36. The van der Waals surface area contributed by atoms with Gasteiger partial charge in [0.25, 0.3) is 0 Å². The highest BCUT2D eigenvalue weighted by molar-refractivity contribution is 6.22. The third-order valence-corrected chi connectivity index (χ3v) is 7.03. The summed E-state index contributed by atoms with van der Waals surface area (Å²) in [6.45, 7) is 8.28. The Morgan fingerprint density at radius 2 is 1.87 bits per heavy atom. The van der Waals surface area contributed by atoms with Crippen molar-refractivity contribution >= 4 is 11.4 Å². The molecule has 160 valence electrons. The van der Waals surface area contributed by atoms with Crippen LogP contribution in [-0.2, 0) is 9.53 Å². The summed E-state index contributed by atoms with van der Waals surface area (Å²) >= 11 is 0. The van der Waals surface area contributed by atoms with Gasteiger partial charge in [-0.2, -0.15) is 0 Å². The van der Waals surface area contributed by atoms with Crippen molar-refractivity contribution in [1.29, 1.82) is 0 Å². The van der Waals surface area contributed by atoms with Crippen molar-refractivity contribution in [1.82, 2.24) is 0 Å². The molecule has 5 unspecified atom stereocenters. The molecule has 1 fully saturated rings. The lowest BCUT2D eigenvalue weighted by atomic mass is 9.61. The van der Waals surface area contributed by atoms with E-state index < -0.39 is 24.2 Å². The fourth-order valence-corrected chi connectivity index (χ4v) is 5.50. The molecule has 0 bridgehead atoms. The Hall–Kier alpha value is -2.37. The van der Waals surface area contributed by atoms with Gasteiger partial charge in [0.1, 0.15) is 11.9 Å². The van der Waals surface area contributed by atoms with Crippen LogP contribution in [0.25, 0.3) is 5.57 Å². The number of hydrogen-bond acceptors (Lipinski definition) is 5. The third-order valence-electron chi connectivity index (χ3n) is 7.03. The van der Waals surface area contributed by atoms with Gasteiger partial charge in [-0.15, -0.1) is 0 Å². The quantitative estimate of drug-likeness (QED) is 0.663. The Kier molecular flexibility index (Phi) is 5.60. The van der Waals surface area contributed by atoms with E-state index in [4.69, 9.17) is 4.74 Å². The number of ketones is 1. The Morgan fingerprint density at radius 1 is 1.17 bits per heavy atom. The number of carbonyl (C=O) groups is 1. The summed E-state index contributed by atoms with van der Waals surface area (Å²) in [5.41, 5.74) is 3.37. The van der Waals surface area contributed by atoms with Crippen molar-refractivity contribution in [3.63, 3.8) is 0 Å². The molecular formula is C25H30O5. The number of aliphatic hydroxyl groups is 2. The summed E-state index contributed by atoms with van der Waals surface area (Å²) in [5.74, 6) is -0.851. The maximum Gasteiger partial charge on any atom is 0.175 e. The second kappa shape index (κ2) is 8.05. The first kappa shape index (κ1) is 20.9. The Labute approximate surface area is 177 Å². The van der Waals surface area contributed by atoms with Crippen LogP contribution in [0.5, 0.6) is 5.75 Å². The molecule has 4 rings (SSSR count). The third kappa shape index (κ3) is 3.61. The van der Waals surface area contributed by atoms with E-state index in [1.165, 1.54) is 24.0 Å². The molecule has 0 spiro atoms. The van der Waals surface area contributed by atoms with Crippen molar-refractivity contribution in [2.24, 2.45) is 23.7 Å². The molecule has 3 N–H and O–H groups in total. The number of allylic oxidation sites excluding steroid dienone is 4. The number of aliphatic hydroxyl groups excluding tert-OH is 2. The molecule has 0 amide bonds. The lowest BCUT2D eigenvalue weighted by Gasteiger charge is -2.49. The van der Waals surface area contributed by atoms with Gasteiger partial charge in [0.2, 0.25) is 0 Å². The maximum absolute atomic E-state index is 13.4. The highest BCUT2D eigenvalue weighted by Gasteiger charge is 2.54. The Morgan fingerprint density at radius 3 is 2.53 bits per heavy atom. The van der Waals surface area contributed by atoms with Gasteiger partial charge < -0.3 is 20.1 Å². The number of benzene rings is 1. The van der Waals surface area contributed by atoms with Crippen molar-refractivity contribution in [3.05, 3.63) is 59.9 Å². The van der Waals surface area contributed by atoms with Gasteiger partial charge in [0.15, 0.2) is 5.78 Å². The standard InChI is InChI=1S/C25H30O5/c1-13(2)17-9-4-14(3)10-18(17)22-20(27)11-21(28)23-24(29)19(12-30-25(22)23)15-5-7-16(26)8-6-15/h5-8,10,12,17-18,20-23,25-28H,1,4,9,11H2,2-3H3/t17-,18+,20?,21?,22?,23?,25?/m0/s1. The molecule has 30 heavy (non-hydrogen) atoms. The van der Waals surface area contributed by atoms with E-state index in [0.717, 1.165) is 18.4 Å². The van der Waals surface area contributed by atoms with E-state index in [2.05, 4.69) is 19.6 Å². The lowest BCUT2D eigenvalue weighted by Crippen LogP contribution is -2.57. The minimum Gasteiger partial charge on any atom is -0.508 e. The molecule has 1 aromatic carbocycles. The predicted octanol–water partition coefficient (Wildman–Crippen LogP) is 3.61. The summed E-state index contributed by atoms with van der Waals surface area (Å²) in [7, 11) is 0. The van der Waals surface area contributed by atoms with Crippen LogP contribution in [0.2, 0.25) is 0 Å². The molecule has 0 aromatic heterocycles. The van der Waals surface area contributed by atoms with Crippen LogP contribution in [0.1, 0.15) is 38.7 Å². The van der Waals surface area contributed by atoms with E-state index in [9.17, 15) is 20.1 Å². The number of Topliss-reactive ketones (excluding diaryl/α,β-unsaturated/α-hetero) is 1. The van der Waals surface area contributed by atoms with E-state index in [-0.39, 0.29) is 35.7 Å². The number of ether oxygens (including phenoxy) is 1. The van der Waals surface area contributed by atoms with Crippen LogP contribution in [0.4, 0.5) is 0 Å². The van der Waals surface area contributed by atoms with Gasteiger partial charge in [-0.1, -0.05) is 35.9 Å². The lowest BCUT2D eigenvalue weighted by molar-refractivity contribution is -0.155.